The van der Waals surface area contributed by atoms with E-state index in [1.54, 1.807) is 0 Å². The lowest BCUT2D eigenvalue weighted by Gasteiger charge is -2.20. The van der Waals surface area contributed by atoms with Gasteiger partial charge in [0.15, 0.2) is 0 Å². The van der Waals surface area contributed by atoms with Crippen LogP contribution >= 0.6 is 0 Å². The number of hydrogen-bond donors (Lipinski definition) is 0. The third kappa shape index (κ3) is 1.32. The molecule has 2 heteroatoms. The van der Waals surface area contributed by atoms with Gasteiger partial charge in [-0.25, -0.2) is 0 Å². The topological polar surface area (TPSA) is 12.5 Å². The molecule has 0 aromatic heterocycles. The summed E-state index contributed by atoms with van der Waals surface area (Å²) in [4.78, 5) is 5.11. The number of rotatable bonds is 0. The van der Waals surface area contributed by atoms with Crippen molar-refractivity contribution in [3.05, 3.63) is 11.6 Å². The van der Waals surface area contributed by atoms with Gasteiger partial charge < -0.3 is 0 Å². The van der Waals surface area contributed by atoms with E-state index in [-0.39, 0.29) is 0 Å². The highest BCUT2D eigenvalue weighted by atomic mass is 16.7. The van der Waals surface area contributed by atoms with Crippen LogP contribution in [-0.4, -0.2) is 25.3 Å². The van der Waals surface area contributed by atoms with Gasteiger partial charge in [0.25, 0.3) is 0 Å². The molecule has 0 fully saturated rings. The predicted molar refractivity (Wildman–Crippen MR) is 32.3 cm³/mol. The average molecular weight is 113 g/mol. The maximum Gasteiger partial charge on any atom is 0.0869 e. The Kier molecular flexibility index (Phi) is 1.65. The van der Waals surface area contributed by atoms with Crippen molar-refractivity contribution >= 4 is 0 Å². The molecule has 0 atom stereocenters. The van der Waals surface area contributed by atoms with Gasteiger partial charge in [0.2, 0.25) is 0 Å². The molecule has 0 aromatic carbocycles. The van der Waals surface area contributed by atoms with E-state index >= 15 is 0 Å². The van der Waals surface area contributed by atoms with Crippen LogP contribution in [0, 0.1) is 0 Å². The largest absolute Gasteiger partial charge is 0.295 e. The summed E-state index contributed by atoms with van der Waals surface area (Å²) >= 11 is 0. The minimum Gasteiger partial charge on any atom is -0.295 e. The van der Waals surface area contributed by atoms with Gasteiger partial charge >= 0.3 is 0 Å². The minimum absolute atomic E-state index is 0.738. The summed E-state index contributed by atoms with van der Waals surface area (Å²) < 4.78 is 0. The first-order valence-corrected chi connectivity index (χ1v) is 2.79. The first kappa shape index (κ1) is 5.79. The molecule has 0 N–H and O–H groups in total. The highest BCUT2D eigenvalue weighted by Crippen LogP contribution is 2.02. The summed E-state index contributed by atoms with van der Waals surface area (Å²) in [6.45, 7) is 3.79. The molecule has 1 rings (SSSR count). The Morgan fingerprint density at radius 1 is 1.75 bits per heavy atom. The average Bonchev–Trinajstić information content (AvgIpc) is 1.64. The summed E-state index contributed by atoms with van der Waals surface area (Å²) in [5.41, 5.74) is 1.39. The van der Waals surface area contributed by atoms with Gasteiger partial charge in [0.05, 0.1) is 6.61 Å². The number of nitrogens with zero attached hydrogens (tertiary/aromatic N) is 1. The first-order chi connectivity index (χ1) is 3.79. The second-order valence-corrected chi connectivity index (χ2v) is 2.13. The summed E-state index contributed by atoms with van der Waals surface area (Å²) in [7, 11) is 1.94. The van der Waals surface area contributed by atoms with Crippen LogP contribution in [0.2, 0.25) is 0 Å². The van der Waals surface area contributed by atoms with E-state index in [0.29, 0.717) is 0 Å². The van der Waals surface area contributed by atoms with Gasteiger partial charge in [-0.3, -0.25) is 4.84 Å². The van der Waals surface area contributed by atoms with E-state index in [4.69, 9.17) is 4.84 Å². The van der Waals surface area contributed by atoms with Crippen LogP contribution in [0.3, 0.4) is 0 Å². The lowest BCUT2D eigenvalue weighted by Crippen LogP contribution is -2.24. The van der Waals surface area contributed by atoms with Gasteiger partial charge in [-0.2, -0.15) is 5.06 Å². The monoisotopic (exact) mass is 113 g/mol. The van der Waals surface area contributed by atoms with Crippen molar-refractivity contribution in [2.24, 2.45) is 0 Å². The fourth-order valence-corrected chi connectivity index (χ4v) is 0.768. The van der Waals surface area contributed by atoms with E-state index in [1.807, 2.05) is 12.1 Å². The van der Waals surface area contributed by atoms with Crippen molar-refractivity contribution in [1.29, 1.82) is 0 Å². The van der Waals surface area contributed by atoms with E-state index < -0.39 is 0 Å². The normalized spacial score (nSPS) is 23.0. The fourth-order valence-electron chi connectivity index (χ4n) is 0.768. The van der Waals surface area contributed by atoms with Crippen LogP contribution < -0.4 is 0 Å². The zero-order valence-corrected chi connectivity index (χ0v) is 5.35. The smallest absolute Gasteiger partial charge is 0.0869 e. The molecule has 0 saturated heterocycles. The van der Waals surface area contributed by atoms with Crippen molar-refractivity contribution in [2.45, 2.75) is 6.92 Å². The molecule has 0 aliphatic carbocycles. The van der Waals surface area contributed by atoms with E-state index in [2.05, 4.69) is 13.0 Å². The summed E-state index contributed by atoms with van der Waals surface area (Å²) in [5, 5.41) is 1.84. The number of hydrogen-bond acceptors (Lipinski definition) is 2. The molecule has 8 heavy (non-hydrogen) atoms. The van der Waals surface area contributed by atoms with E-state index in [1.165, 1.54) is 5.57 Å². The van der Waals surface area contributed by atoms with Crippen LogP contribution in [0.25, 0.3) is 0 Å². The molecule has 2 nitrogen and oxygen atoms in total. The molecule has 1 aliphatic rings. The molecule has 0 aromatic rings. The quantitative estimate of drug-likeness (QED) is 0.431. The van der Waals surface area contributed by atoms with Gasteiger partial charge in [0.1, 0.15) is 0 Å². The molecule has 0 saturated carbocycles. The molecule has 0 spiro atoms. The Balaban J connectivity index is 2.45. The Hall–Kier alpha value is -0.340. The molecule has 0 bridgehead atoms. The van der Waals surface area contributed by atoms with Crippen molar-refractivity contribution in [2.75, 3.05) is 20.2 Å². The predicted octanol–water partition coefficient (Wildman–Crippen LogP) is 0.810. The van der Waals surface area contributed by atoms with Gasteiger partial charge in [-0.15, -0.1) is 0 Å². The Morgan fingerprint density at radius 3 is 2.88 bits per heavy atom. The van der Waals surface area contributed by atoms with Crippen LogP contribution in [-0.2, 0) is 4.84 Å². The van der Waals surface area contributed by atoms with Crippen LogP contribution in [0.15, 0.2) is 11.6 Å². The molecule has 1 heterocycles. The van der Waals surface area contributed by atoms with Gasteiger partial charge in [0, 0.05) is 13.6 Å². The Labute approximate surface area is 49.7 Å². The summed E-state index contributed by atoms with van der Waals surface area (Å²) in [6, 6.07) is 0. The van der Waals surface area contributed by atoms with Crippen molar-refractivity contribution in [3.8, 4) is 0 Å². The van der Waals surface area contributed by atoms with Gasteiger partial charge in [-0.1, -0.05) is 11.6 Å². The zero-order chi connectivity index (χ0) is 5.98. The van der Waals surface area contributed by atoms with Crippen molar-refractivity contribution in [3.63, 3.8) is 0 Å². The molecule has 1 aliphatic heterocycles. The van der Waals surface area contributed by atoms with Crippen molar-refractivity contribution < 1.29 is 4.84 Å². The lowest BCUT2D eigenvalue weighted by atomic mass is 10.3. The standard InChI is InChI=1S/C6H11NO/c1-6-3-4-8-7(2)5-6/h3H,4-5H2,1-2H3. The highest BCUT2D eigenvalue weighted by molar-refractivity contribution is 5.01. The second kappa shape index (κ2) is 2.29. The third-order valence-corrected chi connectivity index (χ3v) is 1.20. The number of hydroxylamine groups is 2. The molecular formula is C6H11NO. The SMILES string of the molecule is CC1=CCON(C)C1. The van der Waals surface area contributed by atoms with Gasteiger partial charge in [-0.05, 0) is 6.92 Å². The maximum absolute atomic E-state index is 5.11. The molecular weight excluding hydrogens is 102 g/mol. The fraction of sp³-hybridized carbons (Fsp3) is 0.667. The zero-order valence-electron chi connectivity index (χ0n) is 5.35. The molecule has 0 amide bonds. The number of likely N-dealkylation sites (N-methyl/N-ethyl adjacent to an activating group) is 1. The Bertz CT molecular complexity index is 109. The van der Waals surface area contributed by atoms with Crippen LogP contribution in [0.5, 0.6) is 0 Å². The molecule has 46 valence electrons. The molecule has 0 radical (unpaired) electrons. The van der Waals surface area contributed by atoms with E-state index in [9.17, 15) is 0 Å². The van der Waals surface area contributed by atoms with E-state index in [0.717, 1.165) is 13.2 Å². The summed E-state index contributed by atoms with van der Waals surface area (Å²) in [6.07, 6.45) is 2.10. The van der Waals surface area contributed by atoms with Crippen LogP contribution in [0.1, 0.15) is 6.92 Å². The lowest BCUT2D eigenvalue weighted by molar-refractivity contribution is -0.128. The molecule has 0 unspecified atom stereocenters. The minimum atomic E-state index is 0.738. The Morgan fingerprint density at radius 2 is 2.50 bits per heavy atom. The summed E-state index contributed by atoms with van der Waals surface area (Å²) in [5.74, 6) is 0. The highest BCUT2D eigenvalue weighted by Gasteiger charge is 2.02. The maximum atomic E-state index is 5.11. The second-order valence-electron chi connectivity index (χ2n) is 2.13. The van der Waals surface area contributed by atoms with Crippen molar-refractivity contribution in [1.82, 2.24) is 5.06 Å². The third-order valence-electron chi connectivity index (χ3n) is 1.20. The first-order valence-electron chi connectivity index (χ1n) is 2.79. The van der Waals surface area contributed by atoms with Crippen LogP contribution in [0.4, 0.5) is 0 Å².